The van der Waals surface area contributed by atoms with E-state index in [1.165, 1.54) is 23.4 Å². The van der Waals surface area contributed by atoms with Crippen molar-refractivity contribution in [1.82, 2.24) is 5.32 Å². The van der Waals surface area contributed by atoms with Gasteiger partial charge in [-0.05, 0) is 68.3 Å². The zero-order valence-corrected chi connectivity index (χ0v) is 21.5. The molecule has 190 valence electrons. The summed E-state index contributed by atoms with van der Waals surface area (Å²) in [4.78, 5) is 25.2. The zero-order valence-electron chi connectivity index (χ0n) is 20.7. The summed E-state index contributed by atoms with van der Waals surface area (Å²) in [5, 5.41) is 2.72. The van der Waals surface area contributed by atoms with Crippen molar-refractivity contribution in [3.8, 4) is 5.75 Å². The van der Waals surface area contributed by atoms with Crippen molar-refractivity contribution >= 4 is 27.6 Å². The molecule has 0 heterocycles. The summed E-state index contributed by atoms with van der Waals surface area (Å²) in [7, 11) is -2.37. The highest BCUT2D eigenvalue weighted by atomic mass is 32.2. The van der Waals surface area contributed by atoms with E-state index in [-0.39, 0.29) is 23.5 Å². The second kappa shape index (κ2) is 11.7. The SMILES string of the molecule is CCN(c1ccccc1)S(=O)(=O)c1cc(C(=O)OC(C)C(=O)NCc2ccc(OC)cc2)ccc1C. The van der Waals surface area contributed by atoms with Gasteiger partial charge in [0.25, 0.3) is 15.9 Å². The summed E-state index contributed by atoms with van der Waals surface area (Å²) in [6.45, 7) is 5.33. The van der Waals surface area contributed by atoms with Crippen LogP contribution in [-0.2, 0) is 26.1 Å². The Morgan fingerprint density at radius 3 is 2.28 bits per heavy atom. The molecule has 36 heavy (non-hydrogen) atoms. The molecule has 0 radical (unpaired) electrons. The maximum atomic E-state index is 13.5. The first kappa shape index (κ1) is 26.7. The van der Waals surface area contributed by atoms with Crippen LogP contribution in [0.15, 0.2) is 77.7 Å². The van der Waals surface area contributed by atoms with Gasteiger partial charge in [-0.1, -0.05) is 36.4 Å². The van der Waals surface area contributed by atoms with E-state index in [1.54, 1.807) is 69.5 Å². The highest BCUT2D eigenvalue weighted by Gasteiger charge is 2.27. The Kier molecular flexibility index (Phi) is 8.71. The van der Waals surface area contributed by atoms with Crippen LogP contribution in [0.5, 0.6) is 5.75 Å². The van der Waals surface area contributed by atoms with Crippen LogP contribution in [0.2, 0.25) is 0 Å². The Labute approximate surface area is 211 Å². The first-order valence-corrected chi connectivity index (χ1v) is 12.9. The van der Waals surface area contributed by atoms with E-state index in [1.807, 2.05) is 12.1 Å². The van der Waals surface area contributed by atoms with Crippen molar-refractivity contribution in [3.05, 3.63) is 89.5 Å². The quantitative estimate of drug-likeness (QED) is 0.413. The zero-order chi connectivity index (χ0) is 26.3. The van der Waals surface area contributed by atoms with Gasteiger partial charge < -0.3 is 14.8 Å². The number of carbonyl (C=O) groups is 2. The number of sulfonamides is 1. The molecule has 0 spiro atoms. The van der Waals surface area contributed by atoms with Crippen LogP contribution < -0.4 is 14.4 Å². The topological polar surface area (TPSA) is 102 Å². The number of nitrogens with one attached hydrogen (secondary N) is 1. The number of anilines is 1. The minimum Gasteiger partial charge on any atom is -0.497 e. The summed E-state index contributed by atoms with van der Waals surface area (Å²) in [6, 6.07) is 20.3. The summed E-state index contributed by atoms with van der Waals surface area (Å²) in [5.74, 6) is -0.556. The van der Waals surface area contributed by atoms with Crippen LogP contribution in [0, 0.1) is 6.92 Å². The number of para-hydroxylation sites is 1. The van der Waals surface area contributed by atoms with Gasteiger partial charge in [-0.15, -0.1) is 0 Å². The van der Waals surface area contributed by atoms with Crippen LogP contribution in [0.1, 0.15) is 35.3 Å². The fourth-order valence-corrected chi connectivity index (χ4v) is 5.30. The smallest absolute Gasteiger partial charge is 0.338 e. The van der Waals surface area contributed by atoms with E-state index in [0.29, 0.717) is 17.0 Å². The van der Waals surface area contributed by atoms with Gasteiger partial charge in [0.15, 0.2) is 6.10 Å². The van der Waals surface area contributed by atoms with Crippen LogP contribution >= 0.6 is 0 Å². The van der Waals surface area contributed by atoms with Crippen molar-refractivity contribution < 1.29 is 27.5 Å². The molecule has 3 aromatic carbocycles. The highest BCUT2D eigenvalue weighted by molar-refractivity contribution is 7.92. The van der Waals surface area contributed by atoms with Gasteiger partial charge in [-0.3, -0.25) is 9.10 Å². The first-order valence-electron chi connectivity index (χ1n) is 11.5. The average Bonchev–Trinajstić information content (AvgIpc) is 2.88. The fourth-order valence-electron chi connectivity index (χ4n) is 3.57. The predicted molar refractivity (Wildman–Crippen MR) is 138 cm³/mol. The minimum absolute atomic E-state index is 0.000682. The molecule has 9 heteroatoms. The second-order valence-corrected chi connectivity index (χ2v) is 9.93. The molecular weight excluding hydrogens is 480 g/mol. The van der Waals surface area contributed by atoms with E-state index in [0.717, 1.165) is 5.56 Å². The van der Waals surface area contributed by atoms with Crippen molar-refractivity contribution in [2.75, 3.05) is 18.0 Å². The third kappa shape index (κ3) is 6.23. The van der Waals surface area contributed by atoms with Gasteiger partial charge >= 0.3 is 5.97 Å². The number of carbonyl (C=O) groups excluding carboxylic acids is 2. The van der Waals surface area contributed by atoms with Crippen molar-refractivity contribution in [1.29, 1.82) is 0 Å². The van der Waals surface area contributed by atoms with Gasteiger partial charge in [0.2, 0.25) is 0 Å². The molecule has 0 aliphatic rings. The Hall–Kier alpha value is -3.85. The summed E-state index contributed by atoms with van der Waals surface area (Å²) in [6.07, 6.45) is -1.08. The minimum atomic E-state index is -3.94. The molecule has 0 fully saturated rings. The maximum Gasteiger partial charge on any atom is 0.338 e. The summed E-state index contributed by atoms with van der Waals surface area (Å²) >= 11 is 0. The molecule has 0 saturated heterocycles. The molecule has 1 amide bonds. The third-order valence-electron chi connectivity index (χ3n) is 5.60. The predicted octanol–water partition coefficient (Wildman–Crippen LogP) is 4.08. The molecule has 0 aliphatic carbocycles. The number of rotatable bonds is 10. The first-order chi connectivity index (χ1) is 17.2. The number of nitrogens with zero attached hydrogens (tertiary/aromatic N) is 1. The van der Waals surface area contributed by atoms with Crippen molar-refractivity contribution in [3.63, 3.8) is 0 Å². The van der Waals surface area contributed by atoms with Crippen LogP contribution in [0.3, 0.4) is 0 Å². The number of esters is 1. The lowest BCUT2D eigenvalue weighted by Crippen LogP contribution is -2.35. The molecule has 3 aromatic rings. The molecule has 0 aliphatic heterocycles. The van der Waals surface area contributed by atoms with Gasteiger partial charge in [0.1, 0.15) is 5.75 Å². The largest absolute Gasteiger partial charge is 0.497 e. The molecule has 0 aromatic heterocycles. The second-order valence-electron chi connectivity index (χ2n) is 8.10. The Bertz CT molecular complexity index is 1310. The number of hydrogen-bond donors (Lipinski definition) is 1. The monoisotopic (exact) mass is 510 g/mol. The molecule has 0 saturated carbocycles. The van der Waals surface area contributed by atoms with E-state index in [9.17, 15) is 18.0 Å². The third-order valence-corrected chi connectivity index (χ3v) is 7.65. The standard InChI is InChI=1S/C27H30N2O6S/c1-5-29(23-9-7-6-8-10-23)36(32,33)25-17-22(14-11-19(25)2)27(31)35-20(3)26(30)28-18-21-12-15-24(34-4)16-13-21/h6-17,20H,5,18H2,1-4H3,(H,28,30). The molecule has 8 nitrogen and oxygen atoms in total. The number of benzene rings is 3. The number of hydrogen-bond acceptors (Lipinski definition) is 6. The molecular formula is C27H30N2O6S. The van der Waals surface area contributed by atoms with Crippen LogP contribution in [0.25, 0.3) is 0 Å². The van der Waals surface area contributed by atoms with Crippen LogP contribution in [-0.4, -0.2) is 40.1 Å². The molecule has 1 N–H and O–H groups in total. The molecule has 3 rings (SSSR count). The van der Waals surface area contributed by atoms with Crippen LogP contribution in [0.4, 0.5) is 5.69 Å². The fraction of sp³-hybridized carbons (Fsp3) is 0.259. The number of amides is 1. The highest BCUT2D eigenvalue weighted by Crippen LogP contribution is 2.26. The lowest BCUT2D eigenvalue weighted by atomic mass is 10.1. The van der Waals surface area contributed by atoms with Gasteiger partial charge in [0.05, 0.1) is 23.3 Å². The van der Waals surface area contributed by atoms with E-state index >= 15 is 0 Å². The lowest BCUT2D eigenvalue weighted by Gasteiger charge is -2.24. The molecule has 1 atom stereocenters. The molecule has 0 bridgehead atoms. The number of ether oxygens (including phenoxy) is 2. The van der Waals surface area contributed by atoms with Gasteiger partial charge in [-0.2, -0.15) is 0 Å². The van der Waals surface area contributed by atoms with E-state index in [4.69, 9.17) is 9.47 Å². The van der Waals surface area contributed by atoms with E-state index in [2.05, 4.69) is 5.32 Å². The summed E-state index contributed by atoms with van der Waals surface area (Å²) in [5.41, 5.74) is 1.91. The normalized spacial score (nSPS) is 11.9. The average molecular weight is 511 g/mol. The van der Waals surface area contributed by atoms with Crippen molar-refractivity contribution in [2.24, 2.45) is 0 Å². The maximum absolute atomic E-state index is 13.5. The van der Waals surface area contributed by atoms with Gasteiger partial charge in [-0.25, -0.2) is 13.2 Å². The summed E-state index contributed by atoms with van der Waals surface area (Å²) < 4.78 is 38.6. The number of aryl methyl sites for hydroxylation is 1. The number of methoxy groups -OCH3 is 1. The van der Waals surface area contributed by atoms with Gasteiger partial charge in [0, 0.05) is 13.1 Å². The lowest BCUT2D eigenvalue weighted by molar-refractivity contribution is -0.129. The van der Waals surface area contributed by atoms with E-state index < -0.39 is 28.0 Å². The molecule has 1 unspecified atom stereocenters. The Morgan fingerprint density at radius 2 is 1.67 bits per heavy atom. The van der Waals surface area contributed by atoms with Crippen molar-refractivity contribution in [2.45, 2.75) is 38.3 Å². The Balaban J connectivity index is 1.71. The Morgan fingerprint density at radius 1 is 1.00 bits per heavy atom.